The summed E-state index contributed by atoms with van der Waals surface area (Å²) < 4.78 is 7.41. The lowest BCUT2D eigenvalue weighted by Gasteiger charge is -2.36. The number of hydrogen-bond donors (Lipinski definition) is 0. The van der Waals surface area contributed by atoms with Crippen molar-refractivity contribution in [3.63, 3.8) is 0 Å². The Morgan fingerprint density at radius 3 is 2.44 bits per heavy atom. The van der Waals surface area contributed by atoms with Crippen molar-refractivity contribution in [1.82, 2.24) is 14.4 Å². The molecule has 1 saturated carbocycles. The number of aromatic nitrogens is 1. The molecule has 7 heteroatoms. The van der Waals surface area contributed by atoms with E-state index in [-0.39, 0.29) is 24.4 Å². The number of benzene rings is 2. The minimum Gasteiger partial charge on any atom is -0.497 e. The number of ether oxygens (including phenoxy) is 1. The summed E-state index contributed by atoms with van der Waals surface area (Å²) in [5.41, 5.74) is 2.68. The van der Waals surface area contributed by atoms with Crippen molar-refractivity contribution in [3.05, 3.63) is 88.7 Å². The third-order valence-corrected chi connectivity index (χ3v) is 7.99. The van der Waals surface area contributed by atoms with Crippen LogP contribution in [0, 0.1) is 0 Å². The topological polar surface area (TPSA) is 54.8 Å². The van der Waals surface area contributed by atoms with Gasteiger partial charge in [-0.3, -0.25) is 9.59 Å². The maximum Gasteiger partial charge on any atom is 0.254 e. The SMILES string of the molecule is CCCCN(CC(=O)N(Cc1cccn1Cc1ccccc1Cl)C1CCCCC1)C(=O)c1ccc(OC)cc1. The molecule has 1 fully saturated rings. The Morgan fingerprint density at radius 1 is 1.00 bits per heavy atom. The standard InChI is InChI=1S/C32H40ClN3O3/c1-3-4-20-35(32(38)25-16-18-29(39-2)19-17-25)24-31(37)36(27-12-6-5-7-13-27)23-28-14-10-21-34(28)22-26-11-8-9-15-30(26)33/h8-11,14-19,21,27H,3-7,12-13,20,22-24H2,1-2H3. The quantitative estimate of drug-likeness (QED) is 0.249. The molecule has 1 aliphatic rings. The van der Waals surface area contributed by atoms with Gasteiger partial charge in [0, 0.05) is 41.6 Å². The van der Waals surface area contributed by atoms with Gasteiger partial charge in [-0.2, -0.15) is 0 Å². The van der Waals surface area contributed by atoms with Crippen molar-refractivity contribution < 1.29 is 14.3 Å². The van der Waals surface area contributed by atoms with Gasteiger partial charge >= 0.3 is 0 Å². The van der Waals surface area contributed by atoms with E-state index in [4.69, 9.17) is 16.3 Å². The summed E-state index contributed by atoms with van der Waals surface area (Å²) in [7, 11) is 1.60. The van der Waals surface area contributed by atoms with Gasteiger partial charge in [-0.15, -0.1) is 0 Å². The zero-order valence-corrected chi connectivity index (χ0v) is 23.9. The molecule has 1 heterocycles. The summed E-state index contributed by atoms with van der Waals surface area (Å²) in [6.07, 6.45) is 9.29. The molecule has 6 nitrogen and oxygen atoms in total. The average Bonchev–Trinajstić information content (AvgIpc) is 3.41. The predicted octanol–water partition coefficient (Wildman–Crippen LogP) is 6.80. The van der Waals surface area contributed by atoms with Crippen LogP contribution in [0.2, 0.25) is 5.02 Å². The molecule has 2 aromatic carbocycles. The van der Waals surface area contributed by atoms with Crippen molar-refractivity contribution in [1.29, 1.82) is 0 Å². The van der Waals surface area contributed by atoms with Gasteiger partial charge in [-0.05, 0) is 67.3 Å². The highest BCUT2D eigenvalue weighted by molar-refractivity contribution is 6.31. The summed E-state index contributed by atoms with van der Waals surface area (Å²) in [4.78, 5) is 31.2. The van der Waals surface area contributed by atoms with Crippen LogP contribution in [0.25, 0.3) is 0 Å². The molecule has 1 aromatic heterocycles. The number of unbranched alkanes of at least 4 members (excludes halogenated alkanes) is 1. The van der Waals surface area contributed by atoms with E-state index in [1.165, 1.54) is 6.42 Å². The lowest BCUT2D eigenvalue weighted by molar-refractivity contribution is -0.135. The normalized spacial score (nSPS) is 13.7. The van der Waals surface area contributed by atoms with Gasteiger partial charge in [-0.1, -0.05) is 62.4 Å². The van der Waals surface area contributed by atoms with E-state index in [0.717, 1.165) is 54.8 Å². The lowest BCUT2D eigenvalue weighted by atomic mass is 9.94. The van der Waals surface area contributed by atoms with Gasteiger partial charge in [0.05, 0.1) is 13.7 Å². The summed E-state index contributed by atoms with van der Waals surface area (Å²) in [5.74, 6) is 0.585. The van der Waals surface area contributed by atoms with Crippen LogP contribution in [0.5, 0.6) is 5.75 Å². The van der Waals surface area contributed by atoms with E-state index >= 15 is 0 Å². The maximum absolute atomic E-state index is 14.0. The molecule has 0 aliphatic heterocycles. The van der Waals surface area contributed by atoms with Crippen molar-refractivity contribution in [2.75, 3.05) is 20.2 Å². The Labute approximate surface area is 237 Å². The molecule has 39 heavy (non-hydrogen) atoms. The molecule has 2 amide bonds. The minimum atomic E-state index is -0.120. The molecule has 4 rings (SSSR count). The van der Waals surface area contributed by atoms with E-state index in [9.17, 15) is 9.59 Å². The second-order valence-electron chi connectivity index (χ2n) is 10.3. The fourth-order valence-electron chi connectivity index (χ4n) is 5.32. The van der Waals surface area contributed by atoms with Gasteiger partial charge in [0.2, 0.25) is 5.91 Å². The number of methoxy groups -OCH3 is 1. The number of halogens is 1. The number of rotatable bonds is 12. The molecule has 1 aliphatic carbocycles. The van der Waals surface area contributed by atoms with Gasteiger partial charge < -0.3 is 19.1 Å². The monoisotopic (exact) mass is 549 g/mol. The molecular formula is C32H40ClN3O3. The van der Waals surface area contributed by atoms with Crippen molar-refractivity contribution in [3.8, 4) is 5.75 Å². The second-order valence-corrected chi connectivity index (χ2v) is 10.7. The van der Waals surface area contributed by atoms with Crippen LogP contribution in [-0.2, 0) is 17.9 Å². The Bertz CT molecular complexity index is 1220. The van der Waals surface area contributed by atoms with E-state index in [1.54, 1.807) is 36.3 Å². The number of carbonyl (C=O) groups excluding carboxylic acids is 2. The number of nitrogens with zero attached hydrogens (tertiary/aromatic N) is 3. The van der Waals surface area contributed by atoms with Crippen LogP contribution in [0.3, 0.4) is 0 Å². The second kappa shape index (κ2) is 14.2. The molecule has 0 spiro atoms. The molecule has 0 saturated heterocycles. The average molecular weight is 550 g/mol. The molecule has 0 radical (unpaired) electrons. The van der Waals surface area contributed by atoms with Crippen LogP contribution in [0.4, 0.5) is 0 Å². The third-order valence-electron chi connectivity index (χ3n) is 7.62. The van der Waals surface area contributed by atoms with Crippen LogP contribution in [0.15, 0.2) is 66.9 Å². The maximum atomic E-state index is 14.0. The van der Waals surface area contributed by atoms with Crippen molar-refractivity contribution in [2.45, 2.75) is 71.0 Å². The summed E-state index contributed by atoms with van der Waals surface area (Å²) in [6, 6.07) is 19.3. The Morgan fingerprint density at radius 2 is 1.74 bits per heavy atom. The highest BCUT2D eigenvalue weighted by Crippen LogP contribution is 2.26. The van der Waals surface area contributed by atoms with Crippen molar-refractivity contribution >= 4 is 23.4 Å². The number of amides is 2. The van der Waals surface area contributed by atoms with E-state index < -0.39 is 0 Å². The molecule has 0 unspecified atom stereocenters. The number of hydrogen-bond acceptors (Lipinski definition) is 3. The fourth-order valence-corrected chi connectivity index (χ4v) is 5.51. The summed E-state index contributed by atoms with van der Waals surface area (Å²) in [6.45, 7) is 3.88. The summed E-state index contributed by atoms with van der Waals surface area (Å²) in [5, 5.41) is 0.737. The zero-order chi connectivity index (χ0) is 27.6. The molecule has 3 aromatic rings. The van der Waals surface area contributed by atoms with Crippen LogP contribution < -0.4 is 4.74 Å². The number of carbonyl (C=O) groups is 2. The van der Waals surface area contributed by atoms with Gasteiger partial charge in [0.15, 0.2) is 0 Å². The Hall–Kier alpha value is -3.25. The van der Waals surface area contributed by atoms with Gasteiger partial charge in [0.25, 0.3) is 5.91 Å². The first kappa shape index (κ1) is 28.8. The first-order chi connectivity index (χ1) is 19.0. The molecule has 0 bridgehead atoms. The van der Waals surface area contributed by atoms with E-state index in [2.05, 4.69) is 17.6 Å². The first-order valence-corrected chi connectivity index (χ1v) is 14.5. The van der Waals surface area contributed by atoms with Gasteiger partial charge in [0.1, 0.15) is 12.3 Å². The van der Waals surface area contributed by atoms with Crippen LogP contribution >= 0.6 is 11.6 Å². The minimum absolute atomic E-state index is 0.00496. The van der Waals surface area contributed by atoms with Crippen LogP contribution in [-0.4, -0.2) is 52.4 Å². The van der Waals surface area contributed by atoms with Crippen molar-refractivity contribution in [2.24, 2.45) is 0 Å². The Balaban J connectivity index is 1.54. The smallest absolute Gasteiger partial charge is 0.254 e. The van der Waals surface area contributed by atoms with E-state index in [1.807, 2.05) is 41.4 Å². The zero-order valence-electron chi connectivity index (χ0n) is 23.2. The summed E-state index contributed by atoms with van der Waals surface area (Å²) >= 11 is 6.45. The fraction of sp³-hybridized carbons (Fsp3) is 0.438. The molecule has 208 valence electrons. The largest absolute Gasteiger partial charge is 0.497 e. The van der Waals surface area contributed by atoms with E-state index in [0.29, 0.717) is 30.9 Å². The highest BCUT2D eigenvalue weighted by atomic mass is 35.5. The molecule has 0 N–H and O–H groups in total. The molecular weight excluding hydrogens is 510 g/mol. The third kappa shape index (κ3) is 7.66. The highest BCUT2D eigenvalue weighted by Gasteiger charge is 2.29. The molecule has 0 atom stereocenters. The lowest BCUT2D eigenvalue weighted by Crippen LogP contribution is -2.47. The predicted molar refractivity (Wildman–Crippen MR) is 156 cm³/mol. The van der Waals surface area contributed by atoms with Gasteiger partial charge in [-0.25, -0.2) is 0 Å². The first-order valence-electron chi connectivity index (χ1n) is 14.1. The van der Waals surface area contributed by atoms with Crippen LogP contribution in [0.1, 0.15) is 73.5 Å². The Kier molecular flexibility index (Phi) is 10.5.